The Bertz CT molecular complexity index is 1850. The largest absolute Gasteiger partial charge is 0.461 e. The molecular weight excluding hydrogens is 565 g/mol. The molecule has 4 heterocycles. The monoisotopic (exact) mass is 596 g/mol. The van der Waals surface area contributed by atoms with Crippen LogP contribution in [-0.2, 0) is 0 Å². The number of anilines is 1. The first-order valence-electron chi connectivity index (χ1n) is 15.0. The van der Waals surface area contributed by atoms with E-state index in [0.29, 0.717) is 37.4 Å². The standard InChI is InChI=1S/C34H31F3N6O/c1-2-23-26(35)9-8-21-6-3-7-24(28(21)23)29-27(36)18-25-31(30(29)37)40-33(44-20-34-11-4-15-43(34)16-5-12-34)41-32(25)42-17-14-39-22(19-42)10-13-38/h1,3,6-9,18,22,39H,4-5,10-12,14-17,19-20H2/t22-/m0/s1. The van der Waals surface area contributed by atoms with E-state index in [4.69, 9.17) is 16.1 Å². The van der Waals surface area contributed by atoms with Crippen molar-refractivity contribution in [2.24, 2.45) is 0 Å². The lowest BCUT2D eigenvalue weighted by atomic mass is 9.93. The number of ether oxygens (including phenoxy) is 1. The van der Waals surface area contributed by atoms with E-state index < -0.39 is 17.5 Å². The second kappa shape index (κ2) is 11.3. The Balaban J connectivity index is 1.39. The van der Waals surface area contributed by atoms with E-state index >= 15 is 8.78 Å². The van der Waals surface area contributed by atoms with Crippen molar-refractivity contribution < 1.29 is 17.9 Å². The highest BCUT2D eigenvalue weighted by Crippen LogP contribution is 2.41. The number of rotatable bonds is 6. The molecule has 44 heavy (non-hydrogen) atoms. The quantitative estimate of drug-likeness (QED) is 0.293. The van der Waals surface area contributed by atoms with Gasteiger partial charge in [0.2, 0.25) is 0 Å². The fourth-order valence-electron chi connectivity index (χ4n) is 7.34. The maximum absolute atomic E-state index is 16.7. The number of aromatic nitrogens is 2. The van der Waals surface area contributed by atoms with E-state index in [1.165, 1.54) is 24.3 Å². The van der Waals surface area contributed by atoms with Crippen molar-refractivity contribution in [1.82, 2.24) is 20.2 Å². The van der Waals surface area contributed by atoms with Gasteiger partial charge in [0, 0.05) is 36.4 Å². The molecule has 3 saturated heterocycles. The Labute approximate surface area is 253 Å². The minimum Gasteiger partial charge on any atom is -0.461 e. The van der Waals surface area contributed by atoms with Crippen molar-refractivity contribution in [3.8, 4) is 35.6 Å². The number of nitrogens with zero attached hydrogens (tertiary/aromatic N) is 5. The highest BCUT2D eigenvalue weighted by atomic mass is 19.1. The Morgan fingerprint density at radius 3 is 2.66 bits per heavy atom. The van der Waals surface area contributed by atoms with Gasteiger partial charge in [0.15, 0.2) is 5.82 Å². The predicted octanol–water partition coefficient (Wildman–Crippen LogP) is 5.55. The van der Waals surface area contributed by atoms with Crippen LogP contribution in [0.2, 0.25) is 0 Å². The summed E-state index contributed by atoms with van der Waals surface area (Å²) in [5.41, 5.74) is -0.460. The van der Waals surface area contributed by atoms with Crippen molar-refractivity contribution in [3.05, 3.63) is 59.4 Å². The summed E-state index contributed by atoms with van der Waals surface area (Å²) < 4.78 is 53.9. The summed E-state index contributed by atoms with van der Waals surface area (Å²) in [6.07, 6.45) is 10.2. The molecule has 0 radical (unpaired) electrons. The number of halogens is 3. The smallest absolute Gasteiger partial charge is 0.319 e. The van der Waals surface area contributed by atoms with E-state index in [1.807, 2.05) is 4.90 Å². The van der Waals surface area contributed by atoms with Crippen LogP contribution in [0.4, 0.5) is 19.0 Å². The minimum atomic E-state index is -0.904. The van der Waals surface area contributed by atoms with Crippen molar-refractivity contribution >= 4 is 27.5 Å². The van der Waals surface area contributed by atoms with Gasteiger partial charge in [-0.3, -0.25) is 4.90 Å². The van der Waals surface area contributed by atoms with Gasteiger partial charge in [-0.1, -0.05) is 30.2 Å². The maximum Gasteiger partial charge on any atom is 0.319 e. The zero-order valence-electron chi connectivity index (χ0n) is 24.2. The van der Waals surface area contributed by atoms with Crippen LogP contribution in [0.25, 0.3) is 32.8 Å². The number of hydrogen-bond donors (Lipinski definition) is 1. The number of fused-ring (bicyclic) bond motifs is 3. The third kappa shape index (κ3) is 4.70. The highest BCUT2D eigenvalue weighted by molar-refractivity contribution is 6.03. The fourth-order valence-corrected chi connectivity index (χ4v) is 7.34. The van der Waals surface area contributed by atoms with E-state index in [1.54, 1.807) is 12.1 Å². The van der Waals surface area contributed by atoms with Crippen LogP contribution >= 0.6 is 0 Å². The Morgan fingerprint density at radius 1 is 1.07 bits per heavy atom. The predicted molar refractivity (Wildman–Crippen MR) is 163 cm³/mol. The summed E-state index contributed by atoms with van der Waals surface area (Å²) >= 11 is 0. The summed E-state index contributed by atoms with van der Waals surface area (Å²) in [6.45, 7) is 3.94. The molecule has 7 rings (SSSR count). The molecule has 10 heteroatoms. The number of nitriles is 1. The normalized spacial score (nSPS) is 19.7. The number of nitrogens with one attached hydrogen (secondary N) is 1. The van der Waals surface area contributed by atoms with Gasteiger partial charge >= 0.3 is 6.01 Å². The van der Waals surface area contributed by atoms with Gasteiger partial charge in [-0.2, -0.15) is 15.2 Å². The average molecular weight is 597 g/mol. The van der Waals surface area contributed by atoms with Gasteiger partial charge in [-0.25, -0.2) is 13.2 Å². The van der Waals surface area contributed by atoms with Crippen molar-refractivity contribution in [3.63, 3.8) is 0 Å². The molecule has 0 amide bonds. The lowest BCUT2D eigenvalue weighted by Crippen LogP contribution is -2.51. The fraction of sp³-hybridized carbons (Fsp3) is 0.382. The van der Waals surface area contributed by atoms with Crippen LogP contribution in [-0.4, -0.2) is 65.8 Å². The molecule has 3 aliphatic rings. The van der Waals surface area contributed by atoms with Gasteiger partial charge in [0.1, 0.15) is 29.6 Å². The van der Waals surface area contributed by atoms with Crippen LogP contribution in [0.1, 0.15) is 37.7 Å². The van der Waals surface area contributed by atoms with Crippen LogP contribution in [0.5, 0.6) is 6.01 Å². The van der Waals surface area contributed by atoms with Gasteiger partial charge in [0.25, 0.3) is 0 Å². The van der Waals surface area contributed by atoms with Gasteiger partial charge < -0.3 is 15.0 Å². The first kappa shape index (κ1) is 28.4. The molecule has 1 aromatic heterocycles. The molecule has 0 unspecified atom stereocenters. The molecule has 1 N–H and O–H groups in total. The Kier molecular flexibility index (Phi) is 7.28. The Hall–Kier alpha value is -4.38. The zero-order chi connectivity index (χ0) is 30.4. The lowest BCUT2D eigenvalue weighted by molar-refractivity contribution is 0.108. The van der Waals surface area contributed by atoms with Crippen LogP contribution in [0.15, 0.2) is 36.4 Å². The molecule has 4 aromatic rings. The summed E-state index contributed by atoms with van der Waals surface area (Å²) in [6, 6.07) is 11.0. The average Bonchev–Trinajstić information content (AvgIpc) is 3.61. The second-order valence-corrected chi connectivity index (χ2v) is 11.9. The topological polar surface area (TPSA) is 77.3 Å². The Morgan fingerprint density at radius 2 is 1.89 bits per heavy atom. The van der Waals surface area contributed by atoms with Crippen molar-refractivity contribution in [2.45, 2.75) is 43.7 Å². The van der Waals surface area contributed by atoms with E-state index in [0.717, 1.165) is 38.8 Å². The van der Waals surface area contributed by atoms with E-state index in [2.05, 4.69) is 27.2 Å². The van der Waals surface area contributed by atoms with E-state index in [-0.39, 0.29) is 57.0 Å². The number of terminal acetylenes is 1. The van der Waals surface area contributed by atoms with Crippen LogP contribution in [0.3, 0.4) is 0 Å². The molecule has 224 valence electrons. The van der Waals surface area contributed by atoms with Gasteiger partial charge in [0.05, 0.1) is 29.2 Å². The number of benzene rings is 3. The van der Waals surface area contributed by atoms with E-state index in [9.17, 15) is 9.65 Å². The summed E-state index contributed by atoms with van der Waals surface area (Å²) in [4.78, 5) is 13.6. The second-order valence-electron chi connectivity index (χ2n) is 11.9. The first-order valence-corrected chi connectivity index (χ1v) is 15.0. The van der Waals surface area contributed by atoms with Crippen molar-refractivity contribution in [2.75, 3.05) is 44.2 Å². The van der Waals surface area contributed by atoms with Crippen LogP contribution in [0, 0.1) is 41.1 Å². The number of piperazine rings is 1. The third-order valence-corrected chi connectivity index (χ3v) is 9.42. The molecular formula is C34H31F3N6O. The molecule has 3 fully saturated rings. The van der Waals surface area contributed by atoms with Crippen LogP contribution < -0.4 is 15.0 Å². The summed E-state index contributed by atoms with van der Waals surface area (Å²) in [5.74, 6) is 0.308. The lowest BCUT2D eigenvalue weighted by Gasteiger charge is -2.34. The molecule has 1 atom stereocenters. The molecule has 3 aliphatic heterocycles. The summed E-state index contributed by atoms with van der Waals surface area (Å²) in [7, 11) is 0. The molecule has 7 nitrogen and oxygen atoms in total. The SMILES string of the molecule is C#Cc1c(F)ccc2cccc(-c3c(F)cc4c(N5CCN[C@@H](CC#N)C5)nc(OCC56CCCN5CCC6)nc4c3F)c12. The molecule has 0 spiro atoms. The summed E-state index contributed by atoms with van der Waals surface area (Å²) in [5, 5.41) is 13.6. The van der Waals surface area contributed by atoms with Gasteiger partial charge in [-0.15, -0.1) is 6.42 Å². The molecule has 3 aromatic carbocycles. The molecule has 0 bridgehead atoms. The highest BCUT2D eigenvalue weighted by Gasteiger charge is 2.45. The van der Waals surface area contributed by atoms with Gasteiger partial charge in [-0.05, 0) is 61.9 Å². The zero-order valence-corrected chi connectivity index (χ0v) is 24.2. The maximum atomic E-state index is 16.7. The first-order chi connectivity index (χ1) is 21.4. The minimum absolute atomic E-state index is 0.0146. The third-order valence-electron chi connectivity index (χ3n) is 9.42. The van der Waals surface area contributed by atoms with Crippen molar-refractivity contribution in [1.29, 1.82) is 5.26 Å². The molecule has 0 aliphatic carbocycles. The number of hydrogen-bond acceptors (Lipinski definition) is 7. The molecule has 0 saturated carbocycles.